The number of aryl methyl sites for hydroxylation is 2. The third-order valence-corrected chi connectivity index (χ3v) is 5.25. The summed E-state index contributed by atoms with van der Waals surface area (Å²) in [7, 11) is 0. The summed E-state index contributed by atoms with van der Waals surface area (Å²) in [5.41, 5.74) is 13.6. The topological polar surface area (TPSA) is 78.2 Å². The van der Waals surface area contributed by atoms with Crippen molar-refractivity contribution in [3.63, 3.8) is 0 Å². The average molecular weight is 383 g/mol. The van der Waals surface area contributed by atoms with E-state index in [1.807, 2.05) is 32.0 Å². The van der Waals surface area contributed by atoms with Gasteiger partial charge < -0.3 is 9.84 Å². The van der Waals surface area contributed by atoms with Crippen LogP contribution in [0, 0.1) is 19.7 Å². The van der Waals surface area contributed by atoms with E-state index in [-0.39, 0.29) is 5.82 Å². The molecule has 0 saturated heterocycles. The normalized spacial score (nSPS) is 15.9. The van der Waals surface area contributed by atoms with Crippen LogP contribution in [0.5, 0.6) is 5.75 Å². The molecule has 0 radical (unpaired) electrons. The van der Waals surface area contributed by atoms with E-state index in [1.54, 1.807) is 13.8 Å². The highest BCUT2D eigenvalue weighted by Gasteiger charge is 2.28. The van der Waals surface area contributed by atoms with Gasteiger partial charge in [-0.2, -0.15) is 0 Å². The van der Waals surface area contributed by atoms with Crippen LogP contribution in [-0.4, -0.2) is 17.3 Å². The molecule has 0 heterocycles. The highest BCUT2D eigenvalue weighted by molar-refractivity contribution is 5.76. The number of ether oxygens (including phenoxy) is 1. The van der Waals surface area contributed by atoms with Crippen molar-refractivity contribution in [3.05, 3.63) is 62.8 Å². The second-order valence-electron chi connectivity index (χ2n) is 8.09. The molecule has 5 nitrogen and oxygen atoms in total. The molecule has 148 valence electrons. The van der Waals surface area contributed by atoms with Crippen LogP contribution < -0.4 is 4.74 Å². The van der Waals surface area contributed by atoms with Gasteiger partial charge in [0.2, 0.25) is 0 Å². The number of fused-ring (bicyclic) bond motifs is 1. The fourth-order valence-electron chi connectivity index (χ4n) is 3.95. The van der Waals surface area contributed by atoms with E-state index in [9.17, 15) is 9.50 Å². The Morgan fingerprint density at radius 3 is 2.57 bits per heavy atom. The second kappa shape index (κ2) is 7.82. The molecule has 0 aromatic heterocycles. The minimum atomic E-state index is -0.763. The molecule has 1 N–H and O–H groups in total. The molecule has 0 fully saturated rings. The molecule has 6 heteroatoms. The van der Waals surface area contributed by atoms with Crippen LogP contribution >= 0.6 is 0 Å². The van der Waals surface area contributed by atoms with Crippen molar-refractivity contribution in [2.24, 2.45) is 5.11 Å². The highest BCUT2D eigenvalue weighted by atomic mass is 19.1. The lowest BCUT2D eigenvalue weighted by molar-refractivity contribution is 0.0553. The van der Waals surface area contributed by atoms with Gasteiger partial charge in [0, 0.05) is 16.9 Å². The smallest absolute Gasteiger partial charge is 0.127 e. The van der Waals surface area contributed by atoms with E-state index in [0.29, 0.717) is 31.4 Å². The number of rotatable bonds is 6. The molecular weight excluding hydrogens is 357 g/mol. The predicted octanol–water partition coefficient (Wildman–Crippen LogP) is 5.95. The quantitative estimate of drug-likeness (QED) is 0.380. The van der Waals surface area contributed by atoms with Gasteiger partial charge in [-0.3, -0.25) is 0 Å². The zero-order valence-corrected chi connectivity index (χ0v) is 16.8. The van der Waals surface area contributed by atoms with Gasteiger partial charge in [-0.05, 0) is 92.1 Å². The Labute approximate surface area is 164 Å². The summed E-state index contributed by atoms with van der Waals surface area (Å²) in [6, 6.07) is 6.79. The highest BCUT2D eigenvalue weighted by Crippen LogP contribution is 2.43. The van der Waals surface area contributed by atoms with Gasteiger partial charge in [0.05, 0.1) is 18.2 Å². The molecule has 1 aliphatic rings. The largest absolute Gasteiger partial charge is 0.493 e. The maximum atomic E-state index is 14.4. The van der Waals surface area contributed by atoms with Crippen molar-refractivity contribution in [3.8, 4) is 16.9 Å². The molecule has 0 saturated carbocycles. The van der Waals surface area contributed by atoms with E-state index in [0.717, 1.165) is 33.6 Å². The van der Waals surface area contributed by atoms with E-state index in [1.165, 1.54) is 6.07 Å². The predicted molar refractivity (Wildman–Crippen MR) is 108 cm³/mol. The average Bonchev–Trinajstić information content (AvgIpc) is 3.00. The van der Waals surface area contributed by atoms with Crippen molar-refractivity contribution < 1.29 is 14.2 Å². The first-order valence-electron chi connectivity index (χ1n) is 9.53. The number of nitrogens with zero attached hydrogens (tertiary/aromatic N) is 3. The third kappa shape index (κ3) is 4.13. The van der Waals surface area contributed by atoms with Gasteiger partial charge in [0.15, 0.2) is 0 Å². The minimum absolute atomic E-state index is 0.310. The Morgan fingerprint density at radius 2 is 1.96 bits per heavy atom. The van der Waals surface area contributed by atoms with Crippen LogP contribution in [0.25, 0.3) is 21.6 Å². The molecule has 1 atom stereocenters. The lowest BCUT2D eigenvalue weighted by atomic mass is 9.90. The maximum absolute atomic E-state index is 14.4. The number of aliphatic hydroxyl groups is 1. The number of benzene rings is 2. The third-order valence-electron chi connectivity index (χ3n) is 5.25. The number of azide groups is 1. The van der Waals surface area contributed by atoms with E-state index in [4.69, 9.17) is 10.3 Å². The molecule has 0 spiro atoms. The summed E-state index contributed by atoms with van der Waals surface area (Å²) >= 11 is 0. The molecule has 0 bridgehead atoms. The van der Waals surface area contributed by atoms with E-state index >= 15 is 0 Å². The van der Waals surface area contributed by atoms with Crippen LogP contribution in [0.3, 0.4) is 0 Å². The number of hydrogen-bond acceptors (Lipinski definition) is 3. The first-order valence-corrected chi connectivity index (χ1v) is 9.53. The first kappa shape index (κ1) is 20.2. The van der Waals surface area contributed by atoms with Crippen LogP contribution in [0.4, 0.5) is 4.39 Å². The monoisotopic (exact) mass is 383 g/mol. The minimum Gasteiger partial charge on any atom is -0.493 e. The maximum Gasteiger partial charge on any atom is 0.127 e. The van der Waals surface area contributed by atoms with Crippen molar-refractivity contribution in [1.82, 2.24) is 0 Å². The lowest BCUT2D eigenvalue weighted by Gasteiger charge is -2.19. The molecule has 1 aliphatic carbocycles. The standard InChI is InChI=1S/C22H26FN3O2/c1-13-11-15(28-10-9-22(3,4)27)12-14(2)20(13)16-5-7-18(23)21-17(16)6-8-19(21)25-26-24/h5,7,11-12,19,27H,6,8-10H2,1-4H3. The molecule has 2 aromatic rings. The van der Waals surface area contributed by atoms with Gasteiger partial charge in [-0.25, -0.2) is 4.39 Å². The Morgan fingerprint density at radius 1 is 1.29 bits per heavy atom. The van der Waals surface area contributed by atoms with Crippen molar-refractivity contribution in [2.45, 2.75) is 58.6 Å². The zero-order valence-electron chi connectivity index (χ0n) is 16.8. The van der Waals surface area contributed by atoms with Crippen LogP contribution in [0.15, 0.2) is 29.4 Å². The van der Waals surface area contributed by atoms with Crippen molar-refractivity contribution in [1.29, 1.82) is 0 Å². The number of halogens is 1. The summed E-state index contributed by atoms with van der Waals surface area (Å²) in [5, 5.41) is 13.6. The van der Waals surface area contributed by atoms with Crippen LogP contribution in [0.2, 0.25) is 0 Å². The molecule has 0 amide bonds. The molecular formula is C22H26FN3O2. The Bertz CT molecular complexity index is 921. The van der Waals surface area contributed by atoms with Crippen LogP contribution in [0.1, 0.15) is 55.0 Å². The SMILES string of the molecule is Cc1cc(OCCC(C)(C)O)cc(C)c1-c1ccc(F)c2c1CCC2N=[N+]=[N-]. The summed E-state index contributed by atoms with van der Waals surface area (Å²) in [4.78, 5) is 2.88. The first-order chi connectivity index (χ1) is 13.2. The van der Waals surface area contributed by atoms with Gasteiger partial charge in [0.25, 0.3) is 0 Å². The van der Waals surface area contributed by atoms with Crippen molar-refractivity contribution in [2.75, 3.05) is 6.61 Å². The van der Waals surface area contributed by atoms with Gasteiger partial charge in [-0.1, -0.05) is 11.2 Å². The fourth-order valence-corrected chi connectivity index (χ4v) is 3.95. The van der Waals surface area contributed by atoms with Crippen molar-refractivity contribution >= 4 is 0 Å². The second-order valence-corrected chi connectivity index (χ2v) is 8.09. The van der Waals surface area contributed by atoms with Gasteiger partial charge >= 0.3 is 0 Å². The fraction of sp³-hybridized carbons (Fsp3) is 0.455. The van der Waals surface area contributed by atoms with Gasteiger partial charge in [0.1, 0.15) is 11.6 Å². The molecule has 1 unspecified atom stereocenters. The van der Waals surface area contributed by atoms with Crippen LogP contribution in [-0.2, 0) is 6.42 Å². The van der Waals surface area contributed by atoms with E-state index < -0.39 is 11.6 Å². The van der Waals surface area contributed by atoms with E-state index in [2.05, 4.69) is 10.0 Å². The lowest BCUT2D eigenvalue weighted by Crippen LogP contribution is -2.21. The summed E-state index contributed by atoms with van der Waals surface area (Å²) in [6.45, 7) is 7.98. The summed E-state index contributed by atoms with van der Waals surface area (Å²) in [5.74, 6) is 0.448. The Balaban J connectivity index is 1.96. The number of hydrogen-bond donors (Lipinski definition) is 1. The molecule has 2 aromatic carbocycles. The molecule has 0 aliphatic heterocycles. The Kier molecular flexibility index (Phi) is 5.64. The van der Waals surface area contributed by atoms with Gasteiger partial charge in [-0.15, -0.1) is 0 Å². The summed E-state index contributed by atoms with van der Waals surface area (Å²) in [6.07, 6.45) is 1.86. The zero-order chi connectivity index (χ0) is 20.5. The molecule has 3 rings (SSSR count). The molecule has 28 heavy (non-hydrogen) atoms. The summed E-state index contributed by atoms with van der Waals surface area (Å²) < 4.78 is 20.3. The Hall–Kier alpha value is -2.56.